The molecular formula is C20H32N2O4. The van der Waals surface area contributed by atoms with Gasteiger partial charge in [-0.2, -0.15) is 0 Å². The normalized spacial score (nSPS) is 25.3. The zero-order valence-corrected chi connectivity index (χ0v) is 15.7. The predicted octanol–water partition coefficient (Wildman–Crippen LogP) is 1.94. The van der Waals surface area contributed by atoms with E-state index in [0.29, 0.717) is 13.2 Å². The van der Waals surface area contributed by atoms with E-state index in [1.165, 1.54) is 12.0 Å². The van der Waals surface area contributed by atoms with Crippen molar-refractivity contribution in [2.45, 2.75) is 44.1 Å². The van der Waals surface area contributed by atoms with Crippen molar-refractivity contribution >= 4 is 0 Å². The van der Waals surface area contributed by atoms with Crippen LogP contribution in [-0.4, -0.2) is 68.9 Å². The summed E-state index contributed by atoms with van der Waals surface area (Å²) in [7, 11) is 1.98. The summed E-state index contributed by atoms with van der Waals surface area (Å²) in [4.78, 5) is 2.31. The third kappa shape index (κ3) is 5.93. The maximum absolute atomic E-state index is 9.68. The molecule has 2 unspecified atom stereocenters. The van der Waals surface area contributed by atoms with Crippen LogP contribution in [0.3, 0.4) is 0 Å². The lowest BCUT2D eigenvalue weighted by atomic mass is 10.1. The minimum Gasteiger partial charge on any atom is -0.491 e. The fourth-order valence-corrected chi connectivity index (χ4v) is 3.58. The zero-order chi connectivity index (χ0) is 18.2. The van der Waals surface area contributed by atoms with Crippen LogP contribution < -0.4 is 10.1 Å². The fraction of sp³-hybridized carbons (Fsp3) is 0.700. The highest BCUT2D eigenvalue weighted by atomic mass is 16.7. The van der Waals surface area contributed by atoms with E-state index in [1.54, 1.807) is 0 Å². The molecule has 146 valence electrons. The number of nitrogens with one attached hydrogen (secondary N) is 1. The number of β-amino-alcohol motifs (C(OH)–C–C–N with tert-alkyl or cyclic N) is 1. The van der Waals surface area contributed by atoms with Gasteiger partial charge in [-0.15, -0.1) is 0 Å². The Bertz CT molecular complexity index is 519. The van der Waals surface area contributed by atoms with Gasteiger partial charge < -0.3 is 24.6 Å². The summed E-state index contributed by atoms with van der Waals surface area (Å²) in [6.07, 6.45) is 3.93. The number of rotatable bonds is 9. The molecule has 2 aliphatic heterocycles. The second-order valence-electron chi connectivity index (χ2n) is 7.13. The number of nitrogens with zero attached hydrogens (tertiary/aromatic N) is 1. The molecule has 0 aliphatic carbocycles. The van der Waals surface area contributed by atoms with Gasteiger partial charge in [0, 0.05) is 32.3 Å². The van der Waals surface area contributed by atoms with Gasteiger partial charge in [0.1, 0.15) is 12.4 Å². The van der Waals surface area contributed by atoms with E-state index in [1.807, 2.05) is 19.2 Å². The highest BCUT2D eigenvalue weighted by Crippen LogP contribution is 2.21. The molecule has 2 N–H and O–H groups in total. The summed E-state index contributed by atoms with van der Waals surface area (Å²) in [5.74, 6) is 0.855. The van der Waals surface area contributed by atoms with Crippen LogP contribution in [0.25, 0.3) is 0 Å². The molecule has 3 rings (SSSR count). The van der Waals surface area contributed by atoms with Crippen LogP contribution in [-0.2, 0) is 9.47 Å². The molecule has 0 aromatic heterocycles. The Morgan fingerprint density at radius 1 is 1.23 bits per heavy atom. The summed E-state index contributed by atoms with van der Waals surface area (Å²) in [5.41, 5.74) is 1.23. The molecule has 2 heterocycles. The Morgan fingerprint density at radius 2 is 2.08 bits per heavy atom. The van der Waals surface area contributed by atoms with E-state index in [2.05, 4.69) is 22.3 Å². The van der Waals surface area contributed by atoms with Crippen molar-refractivity contribution in [3.8, 4) is 5.75 Å². The number of hydrogen-bond donors (Lipinski definition) is 2. The first kappa shape index (κ1) is 19.6. The highest BCUT2D eigenvalue weighted by molar-refractivity contribution is 5.29. The highest BCUT2D eigenvalue weighted by Gasteiger charge is 2.23. The third-order valence-electron chi connectivity index (χ3n) is 5.11. The molecule has 26 heavy (non-hydrogen) atoms. The van der Waals surface area contributed by atoms with Gasteiger partial charge in [0.05, 0.1) is 12.7 Å². The van der Waals surface area contributed by atoms with E-state index in [0.717, 1.165) is 51.3 Å². The molecule has 2 saturated heterocycles. The van der Waals surface area contributed by atoms with Crippen LogP contribution in [0.1, 0.15) is 37.3 Å². The molecule has 6 heteroatoms. The van der Waals surface area contributed by atoms with Gasteiger partial charge in [-0.3, -0.25) is 4.90 Å². The lowest BCUT2D eigenvalue weighted by Gasteiger charge is -2.24. The molecular weight excluding hydrogens is 332 g/mol. The third-order valence-corrected chi connectivity index (χ3v) is 5.11. The van der Waals surface area contributed by atoms with Crippen molar-refractivity contribution in [3.05, 3.63) is 29.8 Å². The van der Waals surface area contributed by atoms with Gasteiger partial charge in [0.25, 0.3) is 0 Å². The van der Waals surface area contributed by atoms with Crippen molar-refractivity contribution in [1.29, 1.82) is 0 Å². The van der Waals surface area contributed by atoms with E-state index in [9.17, 15) is 5.11 Å². The Hall–Kier alpha value is -1.18. The number of likely N-dealkylation sites (N-methyl/N-ethyl adjacent to an activating group) is 1. The van der Waals surface area contributed by atoms with Gasteiger partial charge in [-0.05, 0) is 50.4 Å². The first-order valence-corrected chi connectivity index (χ1v) is 9.78. The molecule has 3 atom stereocenters. The summed E-state index contributed by atoms with van der Waals surface area (Å²) in [6, 6.07) is 8.48. The zero-order valence-electron chi connectivity index (χ0n) is 15.7. The average Bonchev–Trinajstić information content (AvgIpc) is 3.10. The SMILES string of the molecule is CNC(CN1CC[C@H](O)C1)c1ccc(OCCOC2CCCCO2)cc1. The van der Waals surface area contributed by atoms with Gasteiger partial charge in [-0.1, -0.05) is 12.1 Å². The number of benzene rings is 1. The van der Waals surface area contributed by atoms with Crippen LogP contribution >= 0.6 is 0 Å². The number of aliphatic hydroxyl groups excluding tert-OH is 1. The second kappa shape index (κ2) is 10.2. The Morgan fingerprint density at radius 3 is 2.73 bits per heavy atom. The van der Waals surface area contributed by atoms with Crippen LogP contribution in [0.15, 0.2) is 24.3 Å². The van der Waals surface area contributed by atoms with Crippen molar-refractivity contribution in [2.24, 2.45) is 0 Å². The average molecular weight is 364 g/mol. The summed E-state index contributed by atoms with van der Waals surface area (Å²) in [5, 5.41) is 13.1. The lowest BCUT2D eigenvalue weighted by Crippen LogP contribution is -2.33. The number of ether oxygens (including phenoxy) is 3. The Balaban J connectivity index is 1.40. The van der Waals surface area contributed by atoms with E-state index in [4.69, 9.17) is 14.2 Å². The largest absolute Gasteiger partial charge is 0.491 e. The summed E-state index contributed by atoms with van der Waals surface area (Å²) < 4.78 is 17.0. The van der Waals surface area contributed by atoms with Crippen LogP contribution in [0.2, 0.25) is 0 Å². The van der Waals surface area contributed by atoms with Crippen molar-refractivity contribution < 1.29 is 19.3 Å². The summed E-state index contributed by atoms with van der Waals surface area (Å²) >= 11 is 0. The minimum absolute atomic E-state index is 0.0600. The molecule has 0 radical (unpaired) electrons. The van der Waals surface area contributed by atoms with Crippen LogP contribution in [0.4, 0.5) is 0 Å². The maximum Gasteiger partial charge on any atom is 0.157 e. The van der Waals surface area contributed by atoms with Gasteiger partial charge >= 0.3 is 0 Å². The van der Waals surface area contributed by atoms with E-state index < -0.39 is 0 Å². The predicted molar refractivity (Wildman–Crippen MR) is 100 cm³/mol. The molecule has 6 nitrogen and oxygen atoms in total. The molecule has 0 spiro atoms. The van der Waals surface area contributed by atoms with Gasteiger partial charge in [0.2, 0.25) is 0 Å². The molecule has 0 bridgehead atoms. The number of hydrogen-bond acceptors (Lipinski definition) is 6. The topological polar surface area (TPSA) is 63.2 Å². The Kier molecular flexibility index (Phi) is 7.70. The summed E-state index contributed by atoms with van der Waals surface area (Å²) in [6.45, 7) is 4.51. The van der Waals surface area contributed by atoms with E-state index >= 15 is 0 Å². The maximum atomic E-state index is 9.68. The van der Waals surface area contributed by atoms with Gasteiger partial charge in [0.15, 0.2) is 6.29 Å². The fourth-order valence-electron chi connectivity index (χ4n) is 3.58. The lowest BCUT2D eigenvalue weighted by molar-refractivity contribution is -0.165. The molecule has 1 aromatic rings. The second-order valence-corrected chi connectivity index (χ2v) is 7.13. The molecule has 0 amide bonds. The molecule has 0 saturated carbocycles. The van der Waals surface area contributed by atoms with E-state index in [-0.39, 0.29) is 18.4 Å². The quantitative estimate of drug-likeness (QED) is 0.653. The molecule has 1 aromatic carbocycles. The van der Waals surface area contributed by atoms with Crippen LogP contribution in [0, 0.1) is 0 Å². The smallest absolute Gasteiger partial charge is 0.157 e. The first-order chi connectivity index (χ1) is 12.7. The van der Waals surface area contributed by atoms with Crippen molar-refractivity contribution in [1.82, 2.24) is 10.2 Å². The Labute approximate surface area is 156 Å². The standard InChI is InChI=1S/C20H32N2O4/c1-21-19(15-22-10-9-17(23)14-22)16-5-7-18(8-6-16)24-12-13-26-20-4-2-3-11-25-20/h5-8,17,19-21,23H,2-4,9-15H2,1H3/t17-,19?,20?/m0/s1. The number of likely N-dealkylation sites (tertiary alicyclic amines) is 1. The molecule has 2 aliphatic rings. The number of aliphatic hydroxyl groups is 1. The first-order valence-electron chi connectivity index (χ1n) is 9.78. The molecule has 2 fully saturated rings. The minimum atomic E-state index is -0.176. The van der Waals surface area contributed by atoms with Crippen molar-refractivity contribution in [3.63, 3.8) is 0 Å². The van der Waals surface area contributed by atoms with Gasteiger partial charge in [-0.25, -0.2) is 0 Å². The monoisotopic (exact) mass is 364 g/mol. The van der Waals surface area contributed by atoms with Crippen molar-refractivity contribution in [2.75, 3.05) is 46.5 Å². The van der Waals surface area contributed by atoms with Crippen LogP contribution in [0.5, 0.6) is 5.75 Å².